The zero-order valence-electron chi connectivity index (χ0n) is 16.4. The maximum atomic E-state index is 13.6. The van der Waals surface area contributed by atoms with Gasteiger partial charge in [0.1, 0.15) is 11.4 Å². The van der Waals surface area contributed by atoms with E-state index >= 15 is 0 Å². The van der Waals surface area contributed by atoms with E-state index in [1.54, 1.807) is 30.4 Å². The average Bonchev–Trinajstić information content (AvgIpc) is 3.15. The van der Waals surface area contributed by atoms with Crippen LogP contribution < -0.4 is 10.6 Å². The Bertz CT molecular complexity index is 731. The molecule has 5 nitrogen and oxygen atoms in total. The van der Waals surface area contributed by atoms with Crippen molar-refractivity contribution in [1.29, 1.82) is 0 Å². The summed E-state index contributed by atoms with van der Waals surface area (Å²) in [7, 11) is 3.92. The maximum Gasteiger partial charge on any atom is 0.191 e. The third-order valence-corrected chi connectivity index (χ3v) is 5.04. The highest BCUT2D eigenvalue weighted by Crippen LogP contribution is 2.23. The molecule has 2 aromatic rings. The minimum Gasteiger partial charge on any atom is -0.383 e. The van der Waals surface area contributed by atoms with Crippen molar-refractivity contribution >= 4 is 17.3 Å². The van der Waals surface area contributed by atoms with Gasteiger partial charge in [0.15, 0.2) is 5.96 Å². The number of nitrogens with one attached hydrogen (secondary N) is 2. The van der Waals surface area contributed by atoms with Crippen molar-refractivity contribution in [2.24, 2.45) is 4.99 Å². The minimum atomic E-state index is -1.02. The molecule has 27 heavy (non-hydrogen) atoms. The van der Waals surface area contributed by atoms with Crippen LogP contribution in [0.3, 0.4) is 0 Å². The van der Waals surface area contributed by atoms with Gasteiger partial charge in [-0.3, -0.25) is 0 Å². The molecule has 0 amide bonds. The van der Waals surface area contributed by atoms with Crippen LogP contribution in [-0.4, -0.2) is 49.7 Å². The Morgan fingerprint density at radius 2 is 2.11 bits per heavy atom. The molecule has 148 valence electrons. The summed E-state index contributed by atoms with van der Waals surface area (Å²) in [5.74, 6) is 0.378. The summed E-state index contributed by atoms with van der Waals surface area (Å²) in [4.78, 5) is 6.57. The molecule has 1 aromatic carbocycles. The van der Waals surface area contributed by atoms with Gasteiger partial charge in [-0.2, -0.15) is 11.3 Å². The number of nitrogens with zero attached hydrogens (tertiary/aromatic N) is 2. The molecule has 0 bridgehead atoms. The van der Waals surface area contributed by atoms with Crippen LogP contribution in [0.5, 0.6) is 0 Å². The second kappa shape index (κ2) is 9.82. The Morgan fingerprint density at radius 1 is 1.33 bits per heavy atom. The molecular weight excluding hydrogens is 363 g/mol. The first-order valence-electron chi connectivity index (χ1n) is 9.02. The lowest BCUT2D eigenvalue weighted by atomic mass is 10.00. The van der Waals surface area contributed by atoms with E-state index in [0.717, 1.165) is 11.1 Å². The highest BCUT2D eigenvalue weighted by Gasteiger charge is 2.23. The third-order valence-electron chi connectivity index (χ3n) is 4.35. The van der Waals surface area contributed by atoms with Crippen molar-refractivity contribution in [1.82, 2.24) is 15.5 Å². The fraction of sp³-hybridized carbons (Fsp3) is 0.450. The molecule has 0 saturated carbocycles. The number of thiophene rings is 1. The van der Waals surface area contributed by atoms with Gasteiger partial charge in [0.2, 0.25) is 0 Å². The molecule has 0 saturated heterocycles. The standard InChI is InChI=1S/C20H29FN4OS/c1-5-22-19(24-14-20(2,26)16-9-10-27-13-16)23-12-18(25(3)4)15-7-6-8-17(21)11-15/h6-11,13,18,26H,5,12,14H2,1-4H3,(H2,22,23,24). The Balaban J connectivity index is 2.07. The van der Waals surface area contributed by atoms with E-state index in [-0.39, 0.29) is 18.4 Å². The van der Waals surface area contributed by atoms with Gasteiger partial charge in [0, 0.05) is 13.1 Å². The molecule has 0 radical (unpaired) electrons. The van der Waals surface area contributed by atoms with Gasteiger partial charge in [-0.15, -0.1) is 0 Å². The summed E-state index contributed by atoms with van der Waals surface area (Å²) in [6.45, 7) is 5.26. The lowest BCUT2D eigenvalue weighted by Crippen LogP contribution is -2.42. The lowest BCUT2D eigenvalue weighted by molar-refractivity contribution is 0.0677. The quantitative estimate of drug-likeness (QED) is 0.478. The number of aliphatic hydroxyl groups is 1. The summed E-state index contributed by atoms with van der Waals surface area (Å²) in [5, 5.41) is 21.0. The largest absolute Gasteiger partial charge is 0.383 e. The zero-order valence-corrected chi connectivity index (χ0v) is 17.2. The van der Waals surface area contributed by atoms with Crippen molar-refractivity contribution in [3.05, 3.63) is 58.0 Å². The highest BCUT2D eigenvalue weighted by atomic mass is 32.1. The molecule has 2 atom stereocenters. The van der Waals surface area contributed by atoms with E-state index in [2.05, 4.69) is 15.6 Å². The van der Waals surface area contributed by atoms with Crippen LogP contribution in [0.1, 0.15) is 31.0 Å². The fourth-order valence-electron chi connectivity index (χ4n) is 2.74. The molecule has 1 heterocycles. The van der Waals surface area contributed by atoms with Crippen LogP contribution in [0.25, 0.3) is 0 Å². The maximum absolute atomic E-state index is 13.6. The van der Waals surface area contributed by atoms with Gasteiger partial charge < -0.3 is 20.6 Å². The topological polar surface area (TPSA) is 59.9 Å². The van der Waals surface area contributed by atoms with E-state index in [1.165, 1.54) is 6.07 Å². The fourth-order valence-corrected chi connectivity index (χ4v) is 3.53. The van der Waals surface area contributed by atoms with Gasteiger partial charge in [-0.05, 0) is 68.0 Å². The molecule has 0 aliphatic carbocycles. The normalized spacial score (nSPS) is 15.4. The van der Waals surface area contributed by atoms with Crippen LogP contribution in [0, 0.1) is 5.82 Å². The van der Waals surface area contributed by atoms with Crippen LogP contribution in [0.4, 0.5) is 4.39 Å². The van der Waals surface area contributed by atoms with Crippen molar-refractivity contribution in [3.8, 4) is 0 Å². The number of hydrogen-bond acceptors (Lipinski definition) is 4. The van der Waals surface area contributed by atoms with Gasteiger partial charge in [0.25, 0.3) is 0 Å². The number of rotatable bonds is 8. The molecular formula is C20H29FN4OS. The SMILES string of the molecule is CCNC(=NCC(C)(O)c1ccsc1)NCC(c1cccc(F)c1)N(C)C. The average molecular weight is 393 g/mol. The monoisotopic (exact) mass is 392 g/mol. The van der Waals surface area contributed by atoms with Gasteiger partial charge in [-0.1, -0.05) is 12.1 Å². The van der Waals surface area contributed by atoms with Crippen LogP contribution in [0.15, 0.2) is 46.1 Å². The molecule has 0 aliphatic rings. The summed E-state index contributed by atoms with van der Waals surface area (Å²) in [6.07, 6.45) is 0. The number of likely N-dealkylation sites (N-methyl/N-ethyl adjacent to an activating group) is 1. The van der Waals surface area contributed by atoms with Gasteiger partial charge in [-0.25, -0.2) is 9.38 Å². The van der Waals surface area contributed by atoms with Crippen LogP contribution in [-0.2, 0) is 5.60 Å². The number of benzene rings is 1. The Hall–Kier alpha value is -1.96. The lowest BCUT2D eigenvalue weighted by Gasteiger charge is -2.26. The predicted molar refractivity (Wildman–Crippen MR) is 111 cm³/mol. The second-order valence-electron chi connectivity index (χ2n) is 6.90. The van der Waals surface area contributed by atoms with E-state index in [1.807, 2.05) is 48.8 Å². The third kappa shape index (κ3) is 6.30. The highest BCUT2D eigenvalue weighted by molar-refractivity contribution is 7.08. The zero-order chi connectivity index (χ0) is 19.9. The van der Waals surface area contributed by atoms with E-state index < -0.39 is 5.60 Å². The first-order chi connectivity index (χ1) is 12.8. The summed E-state index contributed by atoms with van der Waals surface area (Å²) >= 11 is 1.55. The van der Waals surface area contributed by atoms with Gasteiger partial charge >= 0.3 is 0 Å². The number of halogens is 1. The molecule has 0 spiro atoms. The first-order valence-corrected chi connectivity index (χ1v) is 9.97. The number of aliphatic imine (C=N–C) groups is 1. The van der Waals surface area contributed by atoms with Gasteiger partial charge in [0.05, 0.1) is 12.6 Å². The Morgan fingerprint density at radius 3 is 2.70 bits per heavy atom. The van der Waals surface area contributed by atoms with Crippen molar-refractivity contribution in [2.75, 3.05) is 33.7 Å². The molecule has 0 fully saturated rings. The summed E-state index contributed by atoms with van der Waals surface area (Å²) < 4.78 is 13.6. The Labute approximate surface area is 164 Å². The number of guanidine groups is 1. The van der Waals surface area contributed by atoms with Crippen molar-refractivity contribution < 1.29 is 9.50 Å². The second-order valence-corrected chi connectivity index (χ2v) is 7.68. The summed E-state index contributed by atoms with van der Waals surface area (Å²) in [5.41, 5.74) is 0.734. The summed E-state index contributed by atoms with van der Waals surface area (Å²) in [6, 6.07) is 8.53. The van der Waals surface area contributed by atoms with Crippen LogP contribution >= 0.6 is 11.3 Å². The van der Waals surface area contributed by atoms with E-state index in [4.69, 9.17) is 0 Å². The predicted octanol–water partition coefficient (Wildman–Crippen LogP) is 2.95. The van der Waals surface area contributed by atoms with E-state index in [9.17, 15) is 9.50 Å². The molecule has 2 unspecified atom stereocenters. The van der Waals surface area contributed by atoms with Crippen molar-refractivity contribution in [2.45, 2.75) is 25.5 Å². The molecule has 3 N–H and O–H groups in total. The molecule has 1 aromatic heterocycles. The minimum absolute atomic E-state index is 0.0121. The van der Waals surface area contributed by atoms with Crippen molar-refractivity contribution in [3.63, 3.8) is 0 Å². The Kier molecular flexibility index (Phi) is 7.77. The first kappa shape index (κ1) is 21.3. The van der Waals surface area contributed by atoms with E-state index in [0.29, 0.717) is 19.0 Å². The molecule has 7 heteroatoms. The number of hydrogen-bond donors (Lipinski definition) is 3. The molecule has 0 aliphatic heterocycles. The van der Waals surface area contributed by atoms with Crippen LogP contribution in [0.2, 0.25) is 0 Å². The smallest absolute Gasteiger partial charge is 0.191 e. The molecule has 2 rings (SSSR count).